The number of likely N-dealkylation sites (tertiary alicyclic amines) is 1. The third kappa shape index (κ3) is 2.58. The molecule has 0 amide bonds. The second-order valence-electron chi connectivity index (χ2n) is 5.55. The number of rotatable bonds is 3. The highest BCUT2D eigenvalue weighted by molar-refractivity contribution is 4.86. The lowest BCUT2D eigenvalue weighted by Crippen LogP contribution is -2.48. The van der Waals surface area contributed by atoms with Gasteiger partial charge in [-0.2, -0.15) is 0 Å². The largest absolute Gasteiger partial charge is 0.379 e. The lowest BCUT2D eigenvalue weighted by atomic mass is 9.90. The van der Waals surface area contributed by atoms with Crippen molar-refractivity contribution in [1.82, 2.24) is 10.2 Å². The van der Waals surface area contributed by atoms with Crippen LogP contribution in [0.15, 0.2) is 0 Å². The molecule has 0 bridgehead atoms. The highest BCUT2D eigenvalue weighted by Crippen LogP contribution is 2.25. The van der Waals surface area contributed by atoms with Gasteiger partial charge in [-0.05, 0) is 39.3 Å². The zero-order chi connectivity index (χ0) is 11.5. The van der Waals surface area contributed by atoms with Gasteiger partial charge in [0.15, 0.2) is 0 Å². The Morgan fingerprint density at radius 2 is 2.12 bits per heavy atom. The molecule has 0 saturated carbocycles. The highest BCUT2D eigenvalue weighted by Gasteiger charge is 2.32. The van der Waals surface area contributed by atoms with Crippen molar-refractivity contribution in [2.75, 3.05) is 33.4 Å². The molecule has 2 heterocycles. The number of nitrogens with one attached hydrogen (secondary N) is 1. The minimum Gasteiger partial charge on any atom is -0.379 e. The van der Waals surface area contributed by atoms with Gasteiger partial charge in [0.05, 0.1) is 13.2 Å². The maximum atomic E-state index is 5.58. The van der Waals surface area contributed by atoms with E-state index in [4.69, 9.17) is 4.74 Å². The quantitative estimate of drug-likeness (QED) is 0.786. The first-order valence-corrected chi connectivity index (χ1v) is 6.71. The number of ether oxygens (including phenoxy) is 1. The summed E-state index contributed by atoms with van der Waals surface area (Å²) in [7, 11) is 2.05. The maximum Gasteiger partial charge on any atom is 0.0623 e. The standard InChI is InChI=1S/C13H26N2O/c1-10-5-4-6-15(11(10)2)7-12-8-16-9-13(12)14-3/h10-14H,4-9H2,1-3H3. The Bertz CT molecular complexity index is 222. The SMILES string of the molecule is CNC1COCC1CN1CCCC(C)C1C. The van der Waals surface area contributed by atoms with Crippen molar-refractivity contribution in [1.29, 1.82) is 0 Å². The summed E-state index contributed by atoms with van der Waals surface area (Å²) in [6.45, 7) is 9.07. The normalized spacial score (nSPS) is 41.4. The van der Waals surface area contributed by atoms with Gasteiger partial charge in [0.1, 0.15) is 0 Å². The number of nitrogens with zero attached hydrogens (tertiary/aromatic N) is 1. The summed E-state index contributed by atoms with van der Waals surface area (Å²) in [5, 5.41) is 3.38. The summed E-state index contributed by atoms with van der Waals surface area (Å²) in [5.74, 6) is 1.53. The predicted molar refractivity (Wildman–Crippen MR) is 66.6 cm³/mol. The van der Waals surface area contributed by atoms with Crippen LogP contribution in [-0.4, -0.2) is 50.3 Å². The predicted octanol–water partition coefficient (Wildman–Crippen LogP) is 1.34. The van der Waals surface area contributed by atoms with Crippen LogP contribution in [0.3, 0.4) is 0 Å². The van der Waals surface area contributed by atoms with Crippen LogP contribution in [-0.2, 0) is 4.74 Å². The summed E-state index contributed by atoms with van der Waals surface area (Å²) in [5.41, 5.74) is 0. The summed E-state index contributed by atoms with van der Waals surface area (Å²) < 4.78 is 5.58. The van der Waals surface area contributed by atoms with E-state index < -0.39 is 0 Å². The first-order valence-electron chi connectivity index (χ1n) is 6.71. The van der Waals surface area contributed by atoms with Gasteiger partial charge in [0, 0.05) is 24.5 Å². The lowest BCUT2D eigenvalue weighted by Gasteiger charge is -2.39. The summed E-state index contributed by atoms with van der Waals surface area (Å²) in [6.07, 6.45) is 2.76. The van der Waals surface area contributed by atoms with E-state index in [1.165, 1.54) is 25.9 Å². The average Bonchev–Trinajstić information content (AvgIpc) is 2.72. The second kappa shape index (κ2) is 5.48. The molecule has 2 rings (SSSR count). The zero-order valence-electron chi connectivity index (χ0n) is 10.9. The molecule has 0 aromatic rings. The summed E-state index contributed by atoms with van der Waals surface area (Å²) in [4.78, 5) is 2.66. The molecule has 2 aliphatic rings. The third-order valence-electron chi connectivity index (χ3n) is 4.54. The van der Waals surface area contributed by atoms with Crippen LogP contribution in [0.25, 0.3) is 0 Å². The molecular weight excluding hydrogens is 200 g/mol. The van der Waals surface area contributed by atoms with Crippen LogP contribution in [0, 0.1) is 11.8 Å². The molecule has 4 unspecified atom stereocenters. The molecule has 2 aliphatic heterocycles. The topological polar surface area (TPSA) is 24.5 Å². The molecular formula is C13H26N2O. The molecule has 16 heavy (non-hydrogen) atoms. The number of hydrogen-bond donors (Lipinski definition) is 1. The fourth-order valence-corrected chi connectivity index (χ4v) is 3.08. The van der Waals surface area contributed by atoms with Crippen molar-refractivity contribution in [2.24, 2.45) is 11.8 Å². The minimum atomic E-state index is 0.560. The van der Waals surface area contributed by atoms with Gasteiger partial charge in [0.2, 0.25) is 0 Å². The Labute approximate surface area is 99.5 Å². The first kappa shape index (κ1) is 12.3. The monoisotopic (exact) mass is 226 g/mol. The van der Waals surface area contributed by atoms with E-state index in [-0.39, 0.29) is 0 Å². The van der Waals surface area contributed by atoms with Gasteiger partial charge in [-0.1, -0.05) is 6.92 Å². The fraction of sp³-hybridized carbons (Fsp3) is 1.00. The summed E-state index contributed by atoms with van der Waals surface area (Å²) >= 11 is 0. The van der Waals surface area contributed by atoms with Gasteiger partial charge < -0.3 is 10.1 Å². The van der Waals surface area contributed by atoms with Gasteiger partial charge in [-0.25, -0.2) is 0 Å². The van der Waals surface area contributed by atoms with Gasteiger partial charge in [-0.3, -0.25) is 4.90 Å². The molecule has 94 valence electrons. The van der Waals surface area contributed by atoms with E-state index in [1.807, 2.05) is 0 Å². The van der Waals surface area contributed by atoms with E-state index in [1.54, 1.807) is 0 Å². The van der Waals surface area contributed by atoms with Crippen LogP contribution >= 0.6 is 0 Å². The van der Waals surface area contributed by atoms with Crippen molar-refractivity contribution in [2.45, 2.75) is 38.8 Å². The number of likely N-dealkylation sites (N-methyl/N-ethyl adjacent to an activating group) is 1. The van der Waals surface area contributed by atoms with E-state index in [0.29, 0.717) is 12.0 Å². The molecule has 1 N–H and O–H groups in total. The third-order valence-corrected chi connectivity index (χ3v) is 4.54. The van der Waals surface area contributed by atoms with Crippen molar-refractivity contribution in [3.63, 3.8) is 0 Å². The molecule has 0 radical (unpaired) electrons. The Hall–Kier alpha value is -0.120. The number of piperidine rings is 1. The van der Waals surface area contributed by atoms with E-state index >= 15 is 0 Å². The van der Waals surface area contributed by atoms with Gasteiger partial charge in [-0.15, -0.1) is 0 Å². The molecule has 3 heteroatoms. The molecule has 2 fully saturated rings. The fourth-order valence-electron chi connectivity index (χ4n) is 3.08. The molecule has 0 aromatic carbocycles. The smallest absolute Gasteiger partial charge is 0.0623 e. The van der Waals surface area contributed by atoms with Crippen molar-refractivity contribution in [3.05, 3.63) is 0 Å². The van der Waals surface area contributed by atoms with E-state index in [9.17, 15) is 0 Å². The molecule has 0 aliphatic carbocycles. The van der Waals surface area contributed by atoms with Crippen LogP contribution in [0.1, 0.15) is 26.7 Å². The molecule has 4 atom stereocenters. The molecule has 0 spiro atoms. The molecule has 2 saturated heterocycles. The second-order valence-corrected chi connectivity index (χ2v) is 5.55. The van der Waals surface area contributed by atoms with Crippen LogP contribution in [0.4, 0.5) is 0 Å². The lowest BCUT2D eigenvalue weighted by molar-refractivity contribution is 0.0873. The van der Waals surface area contributed by atoms with Crippen LogP contribution in [0.2, 0.25) is 0 Å². The molecule has 0 aromatic heterocycles. The van der Waals surface area contributed by atoms with E-state index in [2.05, 4.69) is 31.1 Å². The average molecular weight is 226 g/mol. The van der Waals surface area contributed by atoms with Crippen molar-refractivity contribution in [3.8, 4) is 0 Å². The maximum absolute atomic E-state index is 5.58. The summed E-state index contributed by atoms with van der Waals surface area (Å²) in [6, 6.07) is 1.30. The van der Waals surface area contributed by atoms with Crippen molar-refractivity contribution >= 4 is 0 Å². The Balaban J connectivity index is 1.88. The van der Waals surface area contributed by atoms with Crippen molar-refractivity contribution < 1.29 is 4.74 Å². The minimum absolute atomic E-state index is 0.560. The number of hydrogen-bond acceptors (Lipinski definition) is 3. The van der Waals surface area contributed by atoms with Crippen LogP contribution in [0.5, 0.6) is 0 Å². The first-order chi connectivity index (χ1) is 7.72. The zero-order valence-corrected chi connectivity index (χ0v) is 10.9. The molecule has 3 nitrogen and oxygen atoms in total. The van der Waals surface area contributed by atoms with Gasteiger partial charge >= 0.3 is 0 Å². The Morgan fingerprint density at radius 1 is 1.31 bits per heavy atom. The van der Waals surface area contributed by atoms with Crippen LogP contribution < -0.4 is 5.32 Å². The Kier molecular flexibility index (Phi) is 4.22. The Morgan fingerprint density at radius 3 is 2.88 bits per heavy atom. The van der Waals surface area contributed by atoms with E-state index in [0.717, 1.165) is 25.2 Å². The van der Waals surface area contributed by atoms with Gasteiger partial charge in [0.25, 0.3) is 0 Å². The highest BCUT2D eigenvalue weighted by atomic mass is 16.5.